The van der Waals surface area contributed by atoms with Gasteiger partial charge in [0.05, 0.1) is 13.2 Å². The van der Waals surface area contributed by atoms with Crippen LogP contribution in [-0.4, -0.2) is 50.8 Å². The topological polar surface area (TPSA) is 36.9 Å². The maximum atomic E-state index is 13.5. The van der Waals surface area contributed by atoms with Gasteiger partial charge in [0.1, 0.15) is 5.82 Å². The quantitative estimate of drug-likeness (QED) is 0.401. The van der Waals surface area contributed by atoms with Crippen LogP contribution < -0.4 is 5.32 Å². The molecule has 4 nitrogen and oxygen atoms in total. The Morgan fingerprint density at radius 3 is 2.88 bits per heavy atom. The fourth-order valence-electron chi connectivity index (χ4n) is 3.56. The Bertz CT molecular complexity index is 592. The van der Waals surface area contributed by atoms with Crippen LogP contribution in [0, 0.1) is 11.7 Å². The van der Waals surface area contributed by atoms with E-state index in [2.05, 4.69) is 17.1 Å². The number of benzene rings is 1. The monoisotopic (exact) mass is 461 g/mol. The molecule has 2 aliphatic rings. The van der Waals surface area contributed by atoms with Crippen molar-refractivity contribution in [2.45, 2.75) is 31.6 Å². The highest BCUT2D eigenvalue weighted by atomic mass is 127. The molecule has 2 fully saturated rings. The molecule has 1 heterocycles. The highest BCUT2D eigenvalue weighted by Crippen LogP contribution is 2.48. The van der Waals surface area contributed by atoms with Gasteiger partial charge in [0.2, 0.25) is 0 Å². The number of hydrogen-bond acceptors (Lipinski definition) is 2. The van der Waals surface area contributed by atoms with Crippen LogP contribution in [-0.2, 0) is 10.2 Å². The van der Waals surface area contributed by atoms with Crippen molar-refractivity contribution < 1.29 is 9.13 Å². The molecule has 1 saturated heterocycles. The van der Waals surface area contributed by atoms with Crippen LogP contribution in [0.5, 0.6) is 0 Å². The summed E-state index contributed by atoms with van der Waals surface area (Å²) in [5.41, 5.74) is 1.12. The van der Waals surface area contributed by atoms with E-state index < -0.39 is 0 Å². The number of aliphatic imine (C=N–C) groups is 1. The zero-order chi connectivity index (χ0) is 17.0. The minimum atomic E-state index is -0.156. The highest BCUT2D eigenvalue weighted by molar-refractivity contribution is 14.0. The van der Waals surface area contributed by atoms with E-state index in [0.29, 0.717) is 5.92 Å². The molecule has 0 bridgehead atoms. The number of rotatable bonds is 6. The Morgan fingerprint density at radius 1 is 1.44 bits per heavy atom. The zero-order valence-corrected chi connectivity index (χ0v) is 17.5. The fraction of sp³-hybridized carbons (Fsp3) is 0.632. The lowest BCUT2D eigenvalue weighted by Gasteiger charge is -2.23. The van der Waals surface area contributed by atoms with Crippen molar-refractivity contribution in [2.75, 3.05) is 39.9 Å². The van der Waals surface area contributed by atoms with E-state index in [-0.39, 0.29) is 35.2 Å². The van der Waals surface area contributed by atoms with Gasteiger partial charge < -0.3 is 15.0 Å². The number of nitrogens with zero attached hydrogens (tertiary/aromatic N) is 2. The third-order valence-corrected chi connectivity index (χ3v) is 5.14. The summed E-state index contributed by atoms with van der Waals surface area (Å²) in [6, 6.07) is 7.01. The summed E-state index contributed by atoms with van der Waals surface area (Å²) in [4.78, 5) is 7.23. The Kier molecular flexibility index (Phi) is 7.49. The zero-order valence-electron chi connectivity index (χ0n) is 15.1. The second-order valence-corrected chi connectivity index (χ2v) is 7.02. The average molecular weight is 461 g/mol. The first kappa shape index (κ1) is 20.4. The van der Waals surface area contributed by atoms with Gasteiger partial charge in [-0.05, 0) is 43.9 Å². The van der Waals surface area contributed by atoms with E-state index >= 15 is 0 Å². The van der Waals surface area contributed by atoms with Crippen LogP contribution >= 0.6 is 24.0 Å². The predicted octanol–water partition coefficient (Wildman–Crippen LogP) is 3.41. The molecule has 3 rings (SSSR count). The van der Waals surface area contributed by atoms with E-state index in [0.717, 1.165) is 63.6 Å². The standard InChI is InChI=1S/C19H28FN3O.HI/c1-3-21-18(23-10-7-15(12-23)13-24-2)22-14-19(8-9-19)16-5-4-6-17(20)11-16;/h4-6,11,15H,3,7-10,12-14H2,1-2H3,(H,21,22);1H. The van der Waals surface area contributed by atoms with E-state index in [1.54, 1.807) is 19.2 Å². The average Bonchev–Trinajstić information content (AvgIpc) is 3.23. The maximum Gasteiger partial charge on any atom is 0.193 e. The van der Waals surface area contributed by atoms with Gasteiger partial charge in [-0.25, -0.2) is 4.39 Å². The molecule has 1 saturated carbocycles. The fourth-order valence-corrected chi connectivity index (χ4v) is 3.56. The number of halogens is 2. The van der Waals surface area contributed by atoms with Gasteiger partial charge >= 0.3 is 0 Å². The van der Waals surface area contributed by atoms with Gasteiger partial charge in [0, 0.05) is 38.1 Å². The summed E-state index contributed by atoms with van der Waals surface area (Å²) >= 11 is 0. The Morgan fingerprint density at radius 2 is 2.24 bits per heavy atom. The first-order valence-electron chi connectivity index (χ1n) is 8.95. The van der Waals surface area contributed by atoms with Crippen LogP contribution in [0.3, 0.4) is 0 Å². The molecule has 0 radical (unpaired) electrons. The number of ether oxygens (including phenoxy) is 1. The summed E-state index contributed by atoms with van der Waals surface area (Å²) in [5, 5.41) is 3.41. The minimum absolute atomic E-state index is 0. The minimum Gasteiger partial charge on any atom is -0.384 e. The molecule has 1 atom stereocenters. The lowest BCUT2D eigenvalue weighted by Crippen LogP contribution is -2.40. The number of guanidine groups is 1. The molecule has 1 aliphatic carbocycles. The summed E-state index contributed by atoms with van der Waals surface area (Å²) < 4.78 is 18.8. The molecule has 6 heteroatoms. The van der Waals surface area contributed by atoms with Crippen LogP contribution in [0.4, 0.5) is 4.39 Å². The van der Waals surface area contributed by atoms with E-state index in [1.807, 2.05) is 6.07 Å². The van der Waals surface area contributed by atoms with Gasteiger partial charge in [0.25, 0.3) is 0 Å². The van der Waals surface area contributed by atoms with Gasteiger partial charge in [-0.3, -0.25) is 4.99 Å². The molecule has 25 heavy (non-hydrogen) atoms. The van der Waals surface area contributed by atoms with Gasteiger partial charge in [-0.1, -0.05) is 12.1 Å². The number of nitrogens with one attached hydrogen (secondary N) is 1. The number of hydrogen-bond donors (Lipinski definition) is 1. The molecule has 1 aliphatic heterocycles. The van der Waals surface area contributed by atoms with Crippen molar-refractivity contribution in [3.63, 3.8) is 0 Å². The molecular formula is C19H29FIN3O. The first-order valence-corrected chi connectivity index (χ1v) is 8.95. The van der Waals surface area contributed by atoms with E-state index in [1.165, 1.54) is 6.07 Å². The normalized spacial score (nSPS) is 21.8. The lowest BCUT2D eigenvalue weighted by molar-refractivity contribution is 0.157. The lowest BCUT2D eigenvalue weighted by atomic mass is 9.96. The Balaban J connectivity index is 0.00000225. The van der Waals surface area contributed by atoms with Crippen LogP contribution in [0.1, 0.15) is 31.7 Å². The molecule has 0 aromatic heterocycles. The van der Waals surface area contributed by atoms with Crippen molar-refractivity contribution in [2.24, 2.45) is 10.9 Å². The van der Waals surface area contributed by atoms with E-state index in [4.69, 9.17) is 9.73 Å². The molecule has 0 spiro atoms. The first-order chi connectivity index (χ1) is 11.7. The van der Waals surface area contributed by atoms with Crippen LogP contribution in [0.25, 0.3) is 0 Å². The second kappa shape index (κ2) is 9.16. The highest BCUT2D eigenvalue weighted by Gasteiger charge is 2.44. The molecule has 1 N–H and O–H groups in total. The van der Waals surface area contributed by atoms with Crippen LogP contribution in [0.15, 0.2) is 29.3 Å². The maximum absolute atomic E-state index is 13.5. The summed E-state index contributed by atoms with van der Waals surface area (Å²) in [6.45, 7) is 6.50. The summed E-state index contributed by atoms with van der Waals surface area (Å²) in [6.07, 6.45) is 3.32. The molecule has 0 amide bonds. The number of methoxy groups -OCH3 is 1. The predicted molar refractivity (Wildman–Crippen MR) is 110 cm³/mol. The third-order valence-electron chi connectivity index (χ3n) is 5.14. The SMILES string of the molecule is CCNC(=NCC1(c2cccc(F)c2)CC1)N1CCC(COC)C1.I. The van der Waals surface area contributed by atoms with Crippen molar-refractivity contribution in [1.29, 1.82) is 0 Å². The largest absolute Gasteiger partial charge is 0.384 e. The third kappa shape index (κ3) is 5.06. The van der Waals surface area contributed by atoms with E-state index in [9.17, 15) is 4.39 Å². The Hall–Kier alpha value is -0.890. The smallest absolute Gasteiger partial charge is 0.193 e. The van der Waals surface area contributed by atoms with Gasteiger partial charge in [0.15, 0.2) is 5.96 Å². The van der Waals surface area contributed by atoms with Gasteiger partial charge in [-0.2, -0.15) is 0 Å². The van der Waals surface area contributed by atoms with Crippen molar-refractivity contribution in [3.05, 3.63) is 35.6 Å². The van der Waals surface area contributed by atoms with Gasteiger partial charge in [-0.15, -0.1) is 24.0 Å². The molecule has 1 aromatic carbocycles. The summed E-state index contributed by atoms with van der Waals surface area (Å²) in [5.74, 6) is 1.41. The number of likely N-dealkylation sites (tertiary alicyclic amines) is 1. The second-order valence-electron chi connectivity index (χ2n) is 7.02. The molecule has 1 unspecified atom stereocenters. The summed E-state index contributed by atoms with van der Waals surface area (Å²) in [7, 11) is 1.76. The molecule has 140 valence electrons. The van der Waals surface area contributed by atoms with Crippen LogP contribution in [0.2, 0.25) is 0 Å². The molecular weight excluding hydrogens is 432 g/mol. The van der Waals surface area contributed by atoms with Crippen molar-refractivity contribution in [3.8, 4) is 0 Å². The Labute approximate surface area is 167 Å². The van der Waals surface area contributed by atoms with Crippen molar-refractivity contribution >= 4 is 29.9 Å². The van der Waals surface area contributed by atoms with Crippen molar-refractivity contribution in [1.82, 2.24) is 10.2 Å². The molecule has 1 aromatic rings.